The van der Waals surface area contributed by atoms with Gasteiger partial charge in [0.05, 0.1) is 12.6 Å². The molecule has 0 saturated heterocycles. The summed E-state index contributed by atoms with van der Waals surface area (Å²) in [6, 6.07) is 12.2. The van der Waals surface area contributed by atoms with Gasteiger partial charge in [-0.15, -0.1) is 0 Å². The van der Waals surface area contributed by atoms with Gasteiger partial charge < -0.3 is 10.6 Å². The Hall–Kier alpha value is -1.88. The van der Waals surface area contributed by atoms with Crippen molar-refractivity contribution in [2.24, 2.45) is 10.7 Å². The van der Waals surface area contributed by atoms with Crippen LogP contribution in [0.1, 0.15) is 11.6 Å². The van der Waals surface area contributed by atoms with Gasteiger partial charge in [-0.05, 0) is 39.7 Å². The fraction of sp³-hybridized carbons (Fsp3) is 0.143. The van der Waals surface area contributed by atoms with E-state index >= 15 is 0 Å². The summed E-state index contributed by atoms with van der Waals surface area (Å²) in [5.41, 5.74) is 8.17. The number of hydrogen-bond donors (Lipinski definition) is 1. The minimum atomic E-state index is 0.104. The molecular formula is C14H13BrN4. The summed E-state index contributed by atoms with van der Waals surface area (Å²) >= 11 is 3.45. The summed E-state index contributed by atoms with van der Waals surface area (Å²) in [7, 11) is 0. The summed E-state index contributed by atoms with van der Waals surface area (Å²) in [4.78, 5) is 10.6. The molecule has 4 nitrogen and oxygen atoms in total. The van der Waals surface area contributed by atoms with Gasteiger partial charge in [-0.1, -0.05) is 18.2 Å². The van der Waals surface area contributed by atoms with Crippen LogP contribution in [-0.4, -0.2) is 17.5 Å². The van der Waals surface area contributed by atoms with Crippen molar-refractivity contribution in [2.45, 2.75) is 6.04 Å². The molecule has 1 aliphatic heterocycles. The SMILES string of the molecule is NC1=NCC(c2cncc(Br)c2)N1c1ccccc1. The van der Waals surface area contributed by atoms with Crippen LogP contribution in [0, 0.1) is 0 Å². The Labute approximate surface area is 120 Å². The third-order valence-corrected chi connectivity index (χ3v) is 3.56. The minimum Gasteiger partial charge on any atom is -0.369 e. The van der Waals surface area contributed by atoms with Gasteiger partial charge in [0.2, 0.25) is 0 Å². The molecular weight excluding hydrogens is 304 g/mol. The van der Waals surface area contributed by atoms with Crippen LogP contribution in [-0.2, 0) is 0 Å². The third-order valence-electron chi connectivity index (χ3n) is 3.13. The predicted molar refractivity (Wildman–Crippen MR) is 80.1 cm³/mol. The first kappa shape index (κ1) is 12.2. The Morgan fingerprint density at radius 3 is 2.74 bits per heavy atom. The number of hydrogen-bond acceptors (Lipinski definition) is 4. The monoisotopic (exact) mass is 316 g/mol. The van der Waals surface area contributed by atoms with Crippen molar-refractivity contribution in [1.82, 2.24) is 4.98 Å². The average molecular weight is 317 g/mol. The van der Waals surface area contributed by atoms with Crippen molar-refractivity contribution in [2.75, 3.05) is 11.4 Å². The second-order valence-corrected chi connectivity index (χ2v) is 5.27. The highest BCUT2D eigenvalue weighted by Crippen LogP contribution is 2.31. The molecule has 1 atom stereocenters. The molecule has 0 bridgehead atoms. The number of para-hydroxylation sites is 1. The van der Waals surface area contributed by atoms with Gasteiger partial charge in [-0.2, -0.15) is 0 Å². The fourth-order valence-corrected chi connectivity index (χ4v) is 2.65. The van der Waals surface area contributed by atoms with Gasteiger partial charge in [-0.3, -0.25) is 9.98 Å². The highest BCUT2D eigenvalue weighted by molar-refractivity contribution is 9.10. The van der Waals surface area contributed by atoms with Crippen molar-refractivity contribution in [3.05, 3.63) is 58.8 Å². The van der Waals surface area contributed by atoms with Crippen LogP contribution >= 0.6 is 15.9 Å². The van der Waals surface area contributed by atoms with E-state index in [0.717, 1.165) is 15.7 Å². The molecule has 0 amide bonds. The maximum Gasteiger partial charge on any atom is 0.196 e. The molecule has 96 valence electrons. The van der Waals surface area contributed by atoms with Crippen LogP contribution in [0.2, 0.25) is 0 Å². The lowest BCUT2D eigenvalue weighted by Gasteiger charge is -2.26. The van der Waals surface area contributed by atoms with E-state index < -0.39 is 0 Å². The van der Waals surface area contributed by atoms with Crippen LogP contribution in [0.5, 0.6) is 0 Å². The minimum absolute atomic E-state index is 0.104. The molecule has 2 N–H and O–H groups in total. The highest BCUT2D eigenvalue weighted by Gasteiger charge is 2.28. The van der Waals surface area contributed by atoms with E-state index in [0.29, 0.717) is 12.5 Å². The average Bonchev–Trinajstić information content (AvgIpc) is 2.82. The predicted octanol–water partition coefficient (Wildman–Crippen LogP) is 2.72. The second kappa shape index (κ2) is 5.01. The van der Waals surface area contributed by atoms with Crippen LogP contribution in [0.15, 0.2) is 58.3 Å². The summed E-state index contributed by atoms with van der Waals surface area (Å²) < 4.78 is 0.962. The molecule has 0 spiro atoms. The van der Waals surface area contributed by atoms with Gasteiger partial charge >= 0.3 is 0 Å². The lowest BCUT2D eigenvalue weighted by atomic mass is 10.1. The maximum atomic E-state index is 6.02. The summed E-state index contributed by atoms with van der Waals surface area (Å²) in [6.45, 7) is 0.652. The summed E-state index contributed by atoms with van der Waals surface area (Å²) in [6.07, 6.45) is 3.63. The quantitative estimate of drug-likeness (QED) is 0.926. The molecule has 0 fully saturated rings. The molecule has 0 radical (unpaired) electrons. The normalized spacial score (nSPS) is 18.5. The lowest BCUT2D eigenvalue weighted by Crippen LogP contribution is -2.36. The zero-order valence-corrected chi connectivity index (χ0v) is 11.8. The van der Waals surface area contributed by atoms with Crippen molar-refractivity contribution >= 4 is 27.6 Å². The largest absolute Gasteiger partial charge is 0.369 e. The Bertz CT molecular complexity index is 612. The summed E-state index contributed by atoms with van der Waals surface area (Å²) in [5.74, 6) is 0.552. The number of nitrogens with zero attached hydrogens (tertiary/aromatic N) is 3. The molecule has 5 heteroatoms. The molecule has 0 saturated carbocycles. The van der Waals surface area contributed by atoms with Crippen LogP contribution in [0.25, 0.3) is 0 Å². The Kier molecular flexibility index (Phi) is 3.21. The zero-order valence-electron chi connectivity index (χ0n) is 10.2. The molecule has 1 aromatic carbocycles. The molecule has 2 heterocycles. The van der Waals surface area contributed by atoms with Gasteiger partial charge in [0.15, 0.2) is 5.96 Å². The number of anilines is 1. The van der Waals surface area contributed by atoms with E-state index in [1.165, 1.54) is 0 Å². The van der Waals surface area contributed by atoms with Crippen molar-refractivity contribution in [3.8, 4) is 0 Å². The number of pyridine rings is 1. The van der Waals surface area contributed by atoms with Gasteiger partial charge in [0, 0.05) is 22.6 Å². The van der Waals surface area contributed by atoms with Gasteiger partial charge in [0.25, 0.3) is 0 Å². The highest BCUT2D eigenvalue weighted by atomic mass is 79.9. The molecule has 1 aromatic heterocycles. The van der Waals surface area contributed by atoms with Crippen molar-refractivity contribution in [3.63, 3.8) is 0 Å². The number of aliphatic imine (C=N–C) groups is 1. The van der Waals surface area contributed by atoms with Crippen LogP contribution < -0.4 is 10.6 Å². The number of halogens is 1. The van der Waals surface area contributed by atoms with Crippen LogP contribution in [0.4, 0.5) is 5.69 Å². The maximum absolute atomic E-state index is 6.02. The van der Waals surface area contributed by atoms with E-state index in [1.54, 1.807) is 6.20 Å². The van der Waals surface area contributed by atoms with Gasteiger partial charge in [-0.25, -0.2) is 0 Å². The lowest BCUT2D eigenvalue weighted by molar-refractivity contribution is 0.763. The topological polar surface area (TPSA) is 54.5 Å². The van der Waals surface area contributed by atoms with Gasteiger partial charge in [0.1, 0.15) is 0 Å². The molecule has 1 unspecified atom stereocenters. The van der Waals surface area contributed by atoms with E-state index in [9.17, 15) is 0 Å². The summed E-state index contributed by atoms with van der Waals surface area (Å²) in [5, 5.41) is 0. The number of rotatable bonds is 2. The molecule has 19 heavy (non-hydrogen) atoms. The van der Waals surface area contributed by atoms with Crippen LogP contribution in [0.3, 0.4) is 0 Å². The van der Waals surface area contributed by atoms with E-state index in [1.807, 2.05) is 41.4 Å². The zero-order chi connectivity index (χ0) is 13.2. The Morgan fingerprint density at radius 2 is 2.00 bits per heavy atom. The number of guanidine groups is 1. The fourth-order valence-electron chi connectivity index (χ4n) is 2.26. The number of nitrogens with two attached hydrogens (primary N) is 1. The molecule has 2 aromatic rings. The molecule has 3 rings (SSSR count). The second-order valence-electron chi connectivity index (χ2n) is 4.36. The first-order valence-corrected chi connectivity index (χ1v) is 6.79. The molecule has 1 aliphatic rings. The first-order chi connectivity index (χ1) is 9.25. The number of benzene rings is 1. The molecule has 0 aliphatic carbocycles. The number of aromatic nitrogens is 1. The van der Waals surface area contributed by atoms with E-state index in [-0.39, 0.29) is 6.04 Å². The Morgan fingerprint density at radius 1 is 1.21 bits per heavy atom. The smallest absolute Gasteiger partial charge is 0.196 e. The van der Waals surface area contributed by atoms with E-state index in [4.69, 9.17) is 5.73 Å². The first-order valence-electron chi connectivity index (χ1n) is 6.00. The van der Waals surface area contributed by atoms with Crippen molar-refractivity contribution < 1.29 is 0 Å². The third kappa shape index (κ3) is 2.33. The standard InChI is InChI=1S/C14H13BrN4/c15-11-6-10(7-17-8-11)13-9-18-14(16)19(13)12-4-2-1-3-5-12/h1-8,13H,9H2,(H2,16,18). The van der Waals surface area contributed by atoms with E-state index in [2.05, 4.69) is 32.0 Å². The Balaban J connectivity index is 1.99. The van der Waals surface area contributed by atoms with Crippen molar-refractivity contribution in [1.29, 1.82) is 0 Å².